The predicted octanol–water partition coefficient (Wildman–Crippen LogP) is 14.5. The van der Waals surface area contributed by atoms with E-state index in [0.29, 0.717) is 0 Å². The summed E-state index contributed by atoms with van der Waals surface area (Å²) in [6.45, 7) is 4.70. The maximum Gasteiger partial charge on any atom is 0.143 e. The number of nitrogens with zero attached hydrogens (tertiary/aromatic N) is 1. The van der Waals surface area contributed by atoms with Gasteiger partial charge in [0.2, 0.25) is 0 Å². The van der Waals surface area contributed by atoms with Crippen LogP contribution in [0.3, 0.4) is 0 Å². The summed E-state index contributed by atoms with van der Waals surface area (Å²) in [5.41, 5.74) is 13.0. The van der Waals surface area contributed by atoms with Gasteiger partial charge in [0, 0.05) is 38.3 Å². The zero-order valence-electron chi connectivity index (χ0n) is 29.6. The molecule has 9 aromatic carbocycles. The van der Waals surface area contributed by atoms with E-state index < -0.39 is 0 Å². The Hall–Kier alpha value is -6.64. The van der Waals surface area contributed by atoms with Crippen LogP contribution in [0.15, 0.2) is 180 Å². The van der Waals surface area contributed by atoms with Crippen LogP contribution in [-0.4, -0.2) is 0 Å². The maximum absolute atomic E-state index is 6.47. The van der Waals surface area contributed by atoms with Crippen molar-refractivity contribution in [2.75, 3.05) is 4.90 Å². The van der Waals surface area contributed by atoms with Gasteiger partial charge in [0.25, 0.3) is 0 Å². The minimum atomic E-state index is -0.0895. The lowest BCUT2D eigenvalue weighted by molar-refractivity contribution is 0.660. The summed E-state index contributed by atoms with van der Waals surface area (Å²) in [4.78, 5) is 2.43. The van der Waals surface area contributed by atoms with E-state index in [-0.39, 0.29) is 5.41 Å². The Kier molecular flexibility index (Phi) is 6.33. The third-order valence-electron chi connectivity index (χ3n) is 11.6. The first-order chi connectivity index (χ1) is 26.0. The third-order valence-corrected chi connectivity index (χ3v) is 11.6. The molecule has 0 spiro atoms. The summed E-state index contributed by atoms with van der Waals surface area (Å²) < 4.78 is 6.47. The molecule has 0 aliphatic heterocycles. The Morgan fingerprint density at radius 3 is 2.02 bits per heavy atom. The first kappa shape index (κ1) is 30.0. The van der Waals surface area contributed by atoms with Crippen molar-refractivity contribution in [3.63, 3.8) is 0 Å². The van der Waals surface area contributed by atoms with Crippen LogP contribution in [0, 0.1) is 0 Å². The van der Waals surface area contributed by atoms with Gasteiger partial charge in [0.05, 0.1) is 5.69 Å². The summed E-state index contributed by atoms with van der Waals surface area (Å²) >= 11 is 0. The van der Waals surface area contributed by atoms with Crippen LogP contribution >= 0.6 is 0 Å². The van der Waals surface area contributed by atoms with Gasteiger partial charge < -0.3 is 9.32 Å². The highest BCUT2D eigenvalue weighted by molar-refractivity contribution is 6.23. The van der Waals surface area contributed by atoms with Crippen LogP contribution in [-0.2, 0) is 5.41 Å². The molecular formula is C51H35NO. The number of rotatable bonds is 4. The molecule has 53 heavy (non-hydrogen) atoms. The average Bonchev–Trinajstić information content (AvgIpc) is 3.70. The average molecular weight is 678 g/mol. The van der Waals surface area contributed by atoms with Crippen LogP contribution in [0.1, 0.15) is 25.0 Å². The van der Waals surface area contributed by atoms with Crippen molar-refractivity contribution in [1.82, 2.24) is 0 Å². The number of hydrogen-bond acceptors (Lipinski definition) is 2. The number of para-hydroxylation sites is 1. The fraction of sp³-hybridized carbons (Fsp3) is 0.0588. The van der Waals surface area contributed by atoms with E-state index in [9.17, 15) is 0 Å². The summed E-state index contributed by atoms with van der Waals surface area (Å²) in [5.74, 6) is 0. The molecule has 0 atom stereocenters. The summed E-state index contributed by atoms with van der Waals surface area (Å²) in [7, 11) is 0. The predicted molar refractivity (Wildman–Crippen MR) is 224 cm³/mol. The quantitative estimate of drug-likeness (QED) is 0.172. The highest BCUT2D eigenvalue weighted by Gasteiger charge is 2.35. The monoisotopic (exact) mass is 677 g/mol. The molecule has 1 aliphatic carbocycles. The van der Waals surface area contributed by atoms with Crippen molar-refractivity contribution in [3.8, 4) is 22.3 Å². The zero-order chi connectivity index (χ0) is 35.3. The molecule has 250 valence electrons. The van der Waals surface area contributed by atoms with E-state index in [1.807, 2.05) is 6.07 Å². The molecule has 1 aliphatic rings. The molecule has 10 aromatic rings. The molecule has 0 N–H and O–H groups in total. The van der Waals surface area contributed by atoms with Crippen molar-refractivity contribution in [1.29, 1.82) is 0 Å². The Bertz CT molecular complexity index is 3090. The number of furan rings is 1. The molecule has 0 unspecified atom stereocenters. The second-order valence-corrected chi connectivity index (χ2v) is 14.9. The van der Waals surface area contributed by atoms with Crippen molar-refractivity contribution < 1.29 is 4.42 Å². The fourth-order valence-electron chi connectivity index (χ4n) is 8.97. The van der Waals surface area contributed by atoms with Crippen LogP contribution in [0.5, 0.6) is 0 Å². The Morgan fingerprint density at radius 1 is 0.434 bits per heavy atom. The van der Waals surface area contributed by atoms with Crippen LogP contribution < -0.4 is 4.90 Å². The van der Waals surface area contributed by atoms with Gasteiger partial charge in [-0.3, -0.25) is 0 Å². The molecule has 1 heterocycles. The molecule has 0 amide bonds. The lowest BCUT2D eigenvalue weighted by Crippen LogP contribution is -2.16. The van der Waals surface area contributed by atoms with Gasteiger partial charge in [-0.25, -0.2) is 0 Å². The molecule has 0 radical (unpaired) electrons. The highest BCUT2D eigenvalue weighted by atomic mass is 16.3. The summed E-state index contributed by atoms with van der Waals surface area (Å²) in [6, 6.07) is 64.3. The van der Waals surface area contributed by atoms with Gasteiger partial charge in [0.15, 0.2) is 0 Å². The van der Waals surface area contributed by atoms with Crippen molar-refractivity contribution in [3.05, 3.63) is 187 Å². The normalized spacial score (nSPS) is 13.2. The van der Waals surface area contributed by atoms with Gasteiger partial charge >= 0.3 is 0 Å². The van der Waals surface area contributed by atoms with Crippen LogP contribution in [0.25, 0.3) is 76.5 Å². The molecule has 2 nitrogen and oxygen atoms in total. The molecule has 0 fully saturated rings. The summed E-state index contributed by atoms with van der Waals surface area (Å²) in [5, 5.41) is 9.53. The topological polar surface area (TPSA) is 16.4 Å². The standard InChI is InChI=1S/C51H35NO/c1-51(2)45-15-7-5-13-41(45)42-29-26-38(31-46(42)51)52(47-16-9-11-33-10-3-4-12-39(33)47)37-24-20-32(21-25-37)35-23-27-40-36(30-35)19-18-34-22-28-44-43-14-6-8-17-48(43)53-50(44)49(34)40/h3-31H,1-2H3. The number of hydrogen-bond donors (Lipinski definition) is 0. The van der Waals surface area contributed by atoms with Crippen molar-refractivity contribution in [2.45, 2.75) is 19.3 Å². The lowest BCUT2D eigenvalue weighted by atomic mass is 9.82. The van der Waals surface area contributed by atoms with Crippen molar-refractivity contribution in [2.24, 2.45) is 0 Å². The Balaban J connectivity index is 1.03. The van der Waals surface area contributed by atoms with Gasteiger partial charge in [-0.15, -0.1) is 0 Å². The minimum Gasteiger partial charge on any atom is -0.455 e. The third kappa shape index (κ3) is 4.45. The van der Waals surface area contributed by atoms with E-state index in [1.165, 1.54) is 71.4 Å². The lowest BCUT2D eigenvalue weighted by Gasteiger charge is -2.29. The first-order valence-corrected chi connectivity index (χ1v) is 18.4. The van der Waals surface area contributed by atoms with Gasteiger partial charge in [-0.05, 0) is 103 Å². The summed E-state index contributed by atoms with van der Waals surface area (Å²) in [6.07, 6.45) is 0. The molecule has 2 heteroatoms. The van der Waals surface area contributed by atoms with Gasteiger partial charge in [-0.1, -0.05) is 141 Å². The minimum absolute atomic E-state index is 0.0895. The van der Waals surface area contributed by atoms with Crippen LogP contribution in [0.2, 0.25) is 0 Å². The van der Waals surface area contributed by atoms with E-state index >= 15 is 0 Å². The van der Waals surface area contributed by atoms with Gasteiger partial charge in [0.1, 0.15) is 11.2 Å². The zero-order valence-corrected chi connectivity index (χ0v) is 29.6. The second-order valence-electron chi connectivity index (χ2n) is 14.9. The molecule has 0 saturated carbocycles. The number of anilines is 3. The largest absolute Gasteiger partial charge is 0.455 e. The van der Waals surface area contributed by atoms with E-state index in [1.54, 1.807) is 0 Å². The van der Waals surface area contributed by atoms with E-state index in [0.717, 1.165) is 33.3 Å². The molecule has 0 saturated heterocycles. The van der Waals surface area contributed by atoms with E-state index in [4.69, 9.17) is 4.42 Å². The fourth-order valence-corrected chi connectivity index (χ4v) is 8.97. The smallest absolute Gasteiger partial charge is 0.143 e. The van der Waals surface area contributed by atoms with Crippen molar-refractivity contribution >= 4 is 71.3 Å². The molecular weight excluding hydrogens is 643 g/mol. The SMILES string of the molecule is CC1(C)c2ccccc2-c2ccc(N(c3ccc(-c4ccc5c(ccc6ccc7c8ccccc8oc7c65)c4)cc3)c3cccc4ccccc34)cc21. The Morgan fingerprint density at radius 2 is 1.11 bits per heavy atom. The second kappa shape index (κ2) is 11.2. The maximum atomic E-state index is 6.47. The molecule has 11 rings (SSSR count). The van der Waals surface area contributed by atoms with E-state index in [2.05, 4.69) is 189 Å². The molecule has 1 aromatic heterocycles. The molecule has 0 bridgehead atoms. The number of fused-ring (bicyclic) bond motifs is 11. The highest BCUT2D eigenvalue weighted by Crippen LogP contribution is 2.51. The van der Waals surface area contributed by atoms with Crippen LogP contribution in [0.4, 0.5) is 17.1 Å². The Labute approximate surface area is 308 Å². The number of benzene rings is 9. The first-order valence-electron chi connectivity index (χ1n) is 18.4. The van der Waals surface area contributed by atoms with Gasteiger partial charge in [-0.2, -0.15) is 0 Å².